The first-order chi connectivity index (χ1) is 8.74. The van der Waals surface area contributed by atoms with Crippen LogP contribution in [0.2, 0.25) is 5.02 Å². The summed E-state index contributed by atoms with van der Waals surface area (Å²) in [6, 6.07) is 2.12. The molecule has 0 aliphatic carbocycles. The molecule has 0 aromatic carbocycles. The Kier molecular flexibility index (Phi) is 3.23. The molecule has 96 valence electrons. The highest BCUT2D eigenvalue weighted by atomic mass is 35.5. The van der Waals surface area contributed by atoms with Gasteiger partial charge >= 0.3 is 0 Å². The van der Waals surface area contributed by atoms with Gasteiger partial charge in [0.15, 0.2) is 0 Å². The molecule has 1 aliphatic heterocycles. The van der Waals surface area contributed by atoms with Gasteiger partial charge in [-0.25, -0.2) is 0 Å². The summed E-state index contributed by atoms with van der Waals surface area (Å²) in [7, 11) is 0. The first-order valence-corrected chi connectivity index (χ1v) is 7.07. The monoisotopic (exact) mass is 284 g/mol. The Labute approximate surface area is 114 Å². The molecule has 7 heteroatoms. The molecule has 0 bridgehead atoms. The molecule has 1 aliphatic rings. The lowest BCUT2D eigenvalue weighted by molar-refractivity contribution is 0.424. The molecule has 0 amide bonds. The average molecular weight is 285 g/mol. The van der Waals surface area contributed by atoms with E-state index >= 15 is 0 Å². The predicted molar refractivity (Wildman–Crippen MR) is 72.0 cm³/mol. The quantitative estimate of drug-likeness (QED) is 0.917. The van der Waals surface area contributed by atoms with Crippen molar-refractivity contribution in [1.82, 2.24) is 10.1 Å². The molecule has 0 spiro atoms. The first kappa shape index (κ1) is 12.0. The van der Waals surface area contributed by atoms with E-state index in [1.54, 1.807) is 0 Å². The standard InChI is InChI=1S/C11H13ClN4OS/c12-8-3-6-18-9(8)10-14-11(15-17-10)16-4-1-7(13)2-5-16/h3,6-7H,1-2,4-5,13H2. The van der Waals surface area contributed by atoms with Gasteiger partial charge in [-0.3, -0.25) is 0 Å². The van der Waals surface area contributed by atoms with Crippen molar-refractivity contribution in [3.63, 3.8) is 0 Å². The highest BCUT2D eigenvalue weighted by Gasteiger charge is 2.21. The number of hydrogen-bond acceptors (Lipinski definition) is 6. The lowest BCUT2D eigenvalue weighted by Crippen LogP contribution is -2.40. The molecular weight excluding hydrogens is 272 g/mol. The number of hydrogen-bond donors (Lipinski definition) is 1. The van der Waals surface area contributed by atoms with Gasteiger partial charge in [-0.1, -0.05) is 11.6 Å². The first-order valence-electron chi connectivity index (χ1n) is 5.81. The molecule has 3 rings (SSSR count). The van der Waals surface area contributed by atoms with Gasteiger partial charge in [0.1, 0.15) is 4.88 Å². The third-order valence-corrected chi connectivity index (χ3v) is 4.38. The topological polar surface area (TPSA) is 68.2 Å². The fourth-order valence-corrected chi connectivity index (χ4v) is 3.04. The van der Waals surface area contributed by atoms with Crippen LogP contribution in [-0.2, 0) is 0 Å². The summed E-state index contributed by atoms with van der Waals surface area (Å²) in [4.78, 5) is 7.31. The van der Waals surface area contributed by atoms with Crippen molar-refractivity contribution < 1.29 is 4.52 Å². The van der Waals surface area contributed by atoms with Crippen LogP contribution in [-0.4, -0.2) is 29.3 Å². The van der Waals surface area contributed by atoms with E-state index in [4.69, 9.17) is 21.9 Å². The Morgan fingerprint density at radius 2 is 2.22 bits per heavy atom. The highest BCUT2D eigenvalue weighted by Crippen LogP contribution is 2.33. The van der Waals surface area contributed by atoms with Crippen molar-refractivity contribution in [3.8, 4) is 10.8 Å². The molecule has 0 unspecified atom stereocenters. The van der Waals surface area contributed by atoms with E-state index in [1.165, 1.54) is 11.3 Å². The van der Waals surface area contributed by atoms with Crippen LogP contribution in [0.15, 0.2) is 16.0 Å². The molecule has 0 radical (unpaired) electrons. The van der Waals surface area contributed by atoms with E-state index < -0.39 is 0 Å². The maximum absolute atomic E-state index is 6.04. The molecule has 1 saturated heterocycles. The summed E-state index contributed by atoms with van der Waals surface area (Å²) >= 11 is 7.54. The number of piperidine rings is 1. The van der Waals surface area contributed by atoms with Gasteiger partial charge in [0.05, 0.1) is 5.02 Å². The van der Waals surface area contributed by atoms with Crippen LogP contribution in [0.25, 0.3) is 10.8 Å². The number of halogens is 1. The summed E-state index contributed by atoms with van der Waals surface area (Å²) in [5, 5.41) is 6.56. The van der Waals surface area contributed by atoms with E-state index in [9.17, 15) is 0 Å². The second-order valence-corrected chi connectivity index (χ2v) is 5.64. The lowest BCUT2D eigenvalue weighted by Gasteiger charge is -2.28. The fourth-order valence-electron chi connectivity index (χ4n) is 1.98. The third kappa shape index (κ3) is 2.23. The van der Waals surface area contributed by atoms with Gasteiger partial charge in [-0.2, -0.15) is 4.98 Å². The average Bonchev–Trinajstić information content (AvgIpc) is 2.98. The Hall–Kier alpha value is -1.11. The number of rotatable bonds is 2. The van der Waals surface area contributed by atoms with Crippen molar-refractivity contribution in [3.05, 3.63) is 16.5 Å². The molecule has 1 fully saturated rings. The maximum Gasteiger partial charge on any atom is 0.271 e. The smallest absolute Gasteiger partial charge is 0.271 e. The van der Waals surface area contributed by atoms with Crippen molar-refractivity contribution >= 4 is 28.9 Å². The fraction of sp³-hybridized carbons (Fsp3) is 0.455. The Morgan fingerprint density at radius 3 is 2.89 bits per heavy atom. The van der Waals surface area contributed by atoms with Gasteiger partial charge in [-0.05, 0) is 29.4 Å². The largest absolute Gasteiger partial charge is 0.338 e. The van der Waals surface area contributed by atoms with E-state index in [-0.39, 0.29) is 0 Å². The number of thiophene rings is 1. The van der Waals surface area contributed by atoms with Crippen molar-refractivity contribution in [2.75, 3.05) is 18.0 Å². The molecule has 2 aromatic rings. The Morgan fingerprint density at radius 1 is 1.44 bits per heavy atom. The zero-order valence-electron chi connectivity index (χ0n) is 9.67. The highest BCUT2D eigenvalue weighted by molar-refractivity contribution is 7.14. The van der Waals surface area contributed by atoms with E-state index in [2.05, 4.69) is 15.0 Å². The number of nitrogens with two attached hydrogens (primary N) is 1. The Balaban J connectivity index is 1.80. The zero-order chi connectivity index (χ0) is 12.5. The van der Waals surface area contributed by atoms with Gasteiger partial charge in [0.25, 0.3) is 11.8 Å². The van der Waals surface area contributed by atoms with Crippen molar-refractivity contribution in [1.29, 1.82) is 0 Å². The van der Waals surface area contributed by atoms with Crippen molar-refractivity contribution in [2.24, 2.45) is 5.73 Å². The Bertz CT molecular complexity index is 533. The van der Waals surface area contributed by atoms with Crippen LogP contribution in [0.4, 0.5) is 5.95 Å². The lowest BCUT2D eigenvalue weighted by atomic mass is 10.1. The van der Waals surface area contributed by atoms with Crippen LogP contribution in [0.5, 0.6) is 0 Å². The molecule has 18 heavy (non-hydrogen) atoms. The molecule has 0 atom stereocenters. The van der Waals surface area contributed by atoms with E-state index in [0.717, 1.165) is 30.8 Å². The second kappa shape index (κ2) is 4.87. The molecule has 5 nitrogen and oxygen atoms in total. The van der Waals surface area contributed by atoms with Crippen LogP contribution >= 0.6 is 22.9 Å². The SMILES string of the molecule is NC1CCN(c2noc(-c3sccc3Cl)n2)CC1. The summed E-state index contributed by atoms with van der Waals surface area (Å²) in [6.45, 7) is 1.75. The van der Waals surface area contributed by atoms with Crippen LogP contribution in [0.3, 0.4) is 0 Å². The minimum atomic E-state index is 0.291. The third-order valence-electron chi connectivity index (χ3n) is 3.05. The van der Waals surface area contributed by atoms with Crippen molar-refractivity contribution in [2.45, 2.75) is 18.9 Å². The molecule has 0 saturated carbocycles. The van der Waals surface area contributed by atoms with Gasteiger partial charge in [0.2, 0.25) is 0 Å². The predicted octanol–water partition coefficient (Wildman–Crippen LogP) is 2.38. The normalized spacial score (nSPS) is 17.3. The molecule has 2 aromatic heterocycles. The number of anilines is 1. The van der Waals surface area contributed by atoms with E-state index in [1.807, 2.05) is 11.4 Å². The molecule has 2 N–H and O–H groups in total. The summed E-state index contributed by atoms with van der Waals surface area (Å²) in [6.07, 6.45) is 1.92. The summed E-state index contributed by atoms with van der Waals surface area (Å²) < 4.78 is 5.26. The second-order valence-electron chi connectivity index (χ2n) is 4.32. The molecule has 3 heterocycles. The summed E-state index contributed by atoms with van der Waals surface area (Å²) in [5.41, 5.74) is 5.87. The molecular formula is C11H13ClN4OS. The van der Waals surface area contributed by atoms with Crippen LogP contribution in [0.1, 0.15) is 12.8 Å². The zero-order valence-corrected chi connectivity index (χ0v) is 11.2. The number of nitrogens with zero attached hydrogens (tertiary/aromatic N) is 3. The minimum Gasteiger partial charge on any atom is -0.338 e. The minimum absolute atomic E-state index is 0.291. The van der Waals surface area contributed by atoms with Gasteiger partial charge in [0, 0.05) is 19.1 Å². The van der Waals surface area contributed by atoms with Crippen LogP contribution < -0.4 is 10.6 Å². The maximum atomic E-state index is 6.04. The van der Waals surface area contributed by atoms with Gasteiger partial charge < -0.3 is 15.2 Å². The number of aromatic nitrogens is 2. The summed E-state index contributed by atoms with van der Waals surface area (Å²) in [5.74, 6) is 1.11. The van der Waals surface area contributed by atoms with E-state index in [0.29, 0.717) is 22.9 Å². The van der Waals surface area contributed by atoms with Crippen LogP contribution in [0, 0.1) is 0 Å². The van der Waals surface area contributed by atoms with Gasteiger partial charge in [-0.15, -0.1) is 11.3 Å².